The number of esters is 1. The van der Waals surface area contributed by atoms with E-state index < -0.39 is 11.9 Å². The van der Waals surface area contributed by atoms with E-state index in [1.807, 2.05) is 0 Å². The van der Waals surface area contributed by atoms with Crippen molar-refractivity contribution in [2.75, 3.05) is 18.1 Å². The fourth-order valence-electron chi connectivity index (χ4n) is 2.72. The highest BCUT2D eigenvalue weighted by Gasteiger charge is 2.36. The molecular formula is C19H16ClNO4. The van der Waals surface area contributed by atoms with Gasteiger partial charge in [-0.1, -0.05) is 48.0 Å². The molecule has 5 nitrogen and oxygen atoms in total. The lowest BCUT2D eigenvalue weighted by molar-refractivity contribution is -0.147. The highest BCUT2D eigenvalue weighted by molar-refractivity contribution is 6.31. The predicted molar refractivity (Wildman–Crippen MR) is 93.6 cm³/mol. The van der Waals surface area contributed by atoms with E-state index in [1.165, 1.54) is 4.90 Å². The van der Waals surface area contributed by atoms with Crippen LogP contribution in [0.25, 0.3) is 0 Å². The summed E-state index contributed by atoms with van der Waals surface area (Å²) in [6.07, 6.45) is 0.0604. The number of carbonyl (C=O) groups is 3. The standard InChI is InChI=1S/C19H16ClNO4/c20-15-7-4-8-16(10-15)21-11-14(9-18(21)23)19(24)25-12-17(22)13-5-2-1-3-6-13/h1-8,10,14H,9,11-12H2/t14-/m0/s1. The lowest BCUT2D eigenvalue weighted by atomic mass is 10.1. The number of hydrogen-bond donors (Lipinski definition) is 0. The Morgan fingerprint density at radius 1 is 1.12 bits per heavy atom. The number of ketones is 1. The Hall–Kier alpha value is -2.66. The van der Waals surface area contributed by atoms with Gasteiger partial charge in [-0.25, -0.2) is 0 Å². The summed E-state index contributed by atoms with van der Waals surface area (Å²) >= 11 is 5.95. The van der Waals surface area contributed by atoms with E-state index in [0.29, 0.717) is 16.3 Å². The highest BCUT2D eigenvalue weighted by Crippen LogP contribution is 2.27. The van der Waals surface area contributed by atoms with Crippen LogP contribution in [0.3, 0.4) is 0 Å². The van der Waals surface area contributed by atoms with E-state index in [-0.39, 0.29) is 31.3 Å². The molecule has 0 radical (unpaired) electrons. The van der Waals surface area contributed by atoms with Gasteiger partial charge < -0.3 is 9.64 Å². The zero-order valence-corrected chi connectivity index (χ0v) is 14.1. The number of hydrogen-bond acceptors (Lipinski definition) is 4. The van der Waals surface area contributed by atoms with E-state index in [2.05, 4.69) is 0 Å². The molecule has 2 aromatic carbocycles. The number of rotatable bonds is 5. The molecule has 1 atom stereocenters. The molecule has 1 fully saturated rings. The van der Waals surface area contributed by atoms with Gasteiger partial charge in [-0.3, -0.25) is 14.4 Å². The third-order valence-corrected chi connectivity index (χ3v) is 4.25. The Morgan fingerprint density at radius 2 is 1.88 bits per heavy atom. The number of amides is 1. The SMILES string of the molecule is O=C(COC(=O)[C@H]1CC(=O)N(c2cccc(Cl)c2)C1)c1ccccc1. The first kappa shape index (κ1) is 17.2. The molecule has 0 unspecified atom stereocenters. The third-order valence-electron chi connectivity index (χ3n) is 4.02. The zero-order valence-electron chi connectivity index (χ0n) is 13.4. The molecule has 1 aliphatic rings. The molecule has 0 aliphatic carbocycles. The Kier molecular flexibility index (Phi) is 5.14. The maximum atomic E-state index is 12.2. The molecule has 1 aliphatic heterocycles. The number of benzene rings is 2. The van der Waals surface area contributed by atoms with Crippen LogP contribution in [0.1, 0.15) is 16.8 Å². The van der Waals surface area contributed by atoms with Gasteiger partial charge in [-0.15, -0.1) is 0 Å². The average molecular weight is 358 g/mol. The molecule has 128 valence electrons. The molecule has 2 aromatic rings. The van der Waals surface area contributed by atoms with Crippen molar-refractivity contribution < 1.29 is 19.1 Å². The molecule has 6 heteroatoms. The van der Waals surface area contributed by atoms with Crippen LogP contribution in [-0.4, -0.2) is 30.8 Å². The van der Waals surface area contributed by atoms with Gasteiger partial charge in [0, 0.05) is 29.2 Å². The van der Waals surface area contributed by atoms with Crippen molar-refractivity contribution in [2.45, 2.75) is 6.42 Å². The van der Waals surface area contributed by atoms with Gasteiger partial charge in [0.15, 0.2) is 12.4 Å². The Bertz CT molecular complexity index is 806. The van der Waals surface area contributed by atoms with Crippen molar-refractivity contribution in [2.24, 2.45) is 5.92 Å². The van der Waals surface area contributed by atoms with Gasteiger partial charge >= 0.3 is 5.97 Å². The molecule has 3 rings (SSSR count). The Labute approximate surface area is 150 Å². The van der Waals surface area contributed by atoms with Crippen molar-refractivity contribution in [3.63, 3.8) is 0 Å². The maximum Gasteiger partial charge on any atom is 0.311 e. The summed E-state index contributed by atoms with van der Waals surface area (Å²) in [6, 6.07) is 15.5. The van der Waals surface area contributed by atoms with E-state index in [9.17, 15) is 14.4 Å². The summed E-state index contributed by atoms with van der Waals surface area (Å²) in [5, 5.41) is 0.518. The zero-order chi connectivity index (χ0) is 17.8. The summed E-state index contributed by atoms with van der Waals surface area (Å²) in [5.74, 6) is -1.57. The predicted octanol–water partition coefficient (Wildman–Crippen LogP) is 3.12. The first-order chi connectivity index (χ1) is 12.0. The Morgan fingerprint density at radius 3 is 2.60 bits per heavy atom. The quantitative estimate of drug-likeness (QED) is 0.609. The molecule has 1 amide bonds. The minimum atomic E-state index is -0.588. The van der Waals surface area contributed by atoms with E-state index in [4.69, 9.17) is 16.3 Å². The van der Waals surface area contributed by atoms with Gasteiger partial charge in [0.05, 0.1) is 5.92 Å². The van der Waals surface area contributed by atoms with Gasteiger partial charge in [0.1, 0.15) is 0 Å². The summed E-state index contributed by atoms with van der Waals surface area (Å²) < 4.78 is 5.10. The van der Waals surface area contributed by atoms with Crippen molar-refractivity contribution in [3.05, 3.63) is 65.2 Å². The van der Waals surface area contributed by atoms with Gasteiger partial charge in [-0.2, -0.15) is 0 Å². The monoisotopic (exact) mass is 357 g/mol. The largest absolute Gasteiger partial charge is 0.457 e. The number of halogens is 1. The summed E-state index contributed by atoms with van der Waals surface area (Å²) in [6.45, 7) is -0.109. The van der Waals surface area contributed by atoms with Crippen LogP contribution in [-0.2, 0) is 14.3 Å². The summed E-state index contributed by atoms with van der Waals surface area (Å²) in [7, 11) is 0. The van der Waals surface area contributed by atoms with Crippen LogP contribution in [0.2, 0.25) is 5.02 Å². The molecule has 0 aromatic heterocycles. The molecule has 0 spiro atoms. The van der Waals surface area contributed by atoms with Crippen LogP contribution in [0.15, 0.2) is 54.6 Å². The summed E-state index contributed by atoms with van der Waals surface area (Å²) in [5.41, 5.74) is 1.13. The van der Waals surface area contributed by atoms with Crippen molar-refractivity contribution in [1.82, 2.24) is 0 Å². The second-order valence-electron chi connectivity index (χ2n) is 5.78. The van der Waals surface area contributed by atoms with Crippen molar-refractivity contribution in [3.8, 4) is 0 Å². The molecule has 0 bridgehead atoms. The number of anilines is 1. The normalized spacial score (nSPS) is 16.8. The first-order valence-electron chi connectivity index (χ1n) is 7.85. The van der Waals surface area contributed by atoms with E-state index >= 15 is 0 Å². The van der Waals surface area contributed by atoms with Gasteiger partial charge in [0.25, 0.3) is 0 Å². The van der Waals surface area contributed by atoms with Crippen molar-refractivity contribution >= 4 is 34.9 Å². The molecule has 25 heavy (non-hydrogen) atoms. The maximum absolute atomic E-state index is 12.2. The lowest BCUT2D eigenvalue weighted by Gasteiger charge is -2.16. The first-order valence-corrected chi connectivity index (χ1v) is 8.23. The third kappa shape index (κ3) is 4.06. The molecule has 1 heterocycles. The number of carbonyl (C=O) groups excluding carboxylic acids is 3. The van der Waals surface area contributed by atoms with Crippen LogP contribution < -0.4 is 4.90 Å². The fraction of sp³-hybridized carbons (Fsp3) is 0.211. The smallest absolute Gasteiger partial charge is 0.311 e. The van der Waals surface area contributed by atoms with Gasteiger partial charge in [0.2, 0.25) is 5.91 Å². The fourth-order valence-corrected chi connectivity index (χ4v) is 2.91. The second kappa shape index (κ2) is 7.49. The van der Waals surface area contributed by atoms with Crippen LogP contribution >= 0.6 is 11.6 Å². The average Bonchev–Trinajstić information content (AvgIpc) is 3.02. The van der Waals surface area contributed by atoms with Crippen LogP contribution in [0.5, 0.6) is 0 Å². The lowest BCUT2D eigenvalue weighted by Crippen LogP contribution is -2.27. The van der Waals surface area contributed by atoms with Crippen LogP contribution in [0, 0.1) is 5.92 Å². The second-order valence-corrected chi connectivity index (χ2v) is 6.22. The molecule has 0 saturated carbocycles. The van der Waals surface area contributed by atoms with E-state index in [1.54, 1.807) is 54.6 Å². The summed E-state index contributed by atoms with van der Waals surface area (Å²) in [4.78, 5) is 37.9. The van der Waals surface area contributed by atoms with Crippen molar-refractivity contribution in [1.29, 1.82) is 0 Å². The molecular weight excluding hydrogens is 342 g/mol. The molecule has 1 saturated heterocycles. The Balaban J connectivity index is 1.58. The van der Waals surface area contributed by atoms with E-state index in [0.717, 1.165) is 0 Å². The van der Waals surface area contributed by atoms with Gasteiger partial charge in [-0.05, 0) is 18.2 Å². The molecule has 0 N–H and O–H groups in total. The number of Topliss-reactive ketones (excluding diaryl/α,β-unsaturated/α-hetero) is 1. The topological polar surface area (TPSA) is 63.7 Å². The number of ether oxygens (including phenoxy) is 1. The minimum Gasteiger partial charge on any atom is -0.457 e. The van der Waals surface area contributed by atoms with Crippen LogP contribution in [0.4, 0.5) is 5.69 Å². The highest BCUT2D eigenvalue weighted by atomic mass is 35.5. The number of nitrogens with zero attached hydrogens (tertiary/aromatic N) is 1. The minimum absolute atomic E-state index is 0.0604.